The number of piperidine rings is 1. The number of nitrogens with one attached hydrogen (secondary N) is 2. The molecule has 6 heteroatoms. The van der Waals surface area contributed by atoms with Crippen LogP contribution in [0.15, 0.2) is 48.7 Å². The van der Waals surface area contributed by atoms with Crippen molar-refractivity contribution in [2.45, 2.75) is 43.4 Å². The van der Waals surface area contributed by atoms with Gasteiger partial charge in [-0.3, -0.25) is 14.6 Å². The number of fused-ring (bicyclic) bond motifs is 3. The van der Waals surface area contributed by atoms with Gasteiger partial charge in [-0.15, -0.1) is 0 Å². The van der Waals surface area contributed by atoms with Gasteiger partial charge < -0.3 is 15.5 Å². The number of carbonyl (C=O) groups is 2. The summed E-state index contributed by atoms with van der Waals surface area (Å²) >= 11 is 0. The Morgan fingerprint density at radius 2 is 1.77 bits per heavy atom. The predicted molar refractivity (Wildman–Crippen MR) is 96.7 cm³/mol. The van der Waals surface area contributed by atoms with Crippen LogP contribution in [0.25, 0.3) is 0 Å². The van der Waals surface area contributed by atoms with Gasteiger partial charge in [-0.05, 0) is 37.1 Å². The van der Waals surface area contributed by atoms with Crippen LogP contribution in [-0.2, 0) is 0 Å². The maximum Gasteiger partial charge on any atom is 0.272 e. The van der Waals surface area contributed by atoms with Crippen molar-refractivity contribution in [1.29, 1.82) is 0 Å². The number of para-hydroxylation sites is 1. The van der Waals surface area contributed by atoms with E-state index in [1.807, 2.05) is 41.3 Å². The van der Waals surface area contributed by atoms with Crippen LogP contribution in [0, 0.1) is 0 Å². The Morgan fingerprint density at radius 3 is 2.50 bits per heavy atom. The highest BCUT2D eigenvalue weighted by Gasteiger charge is 2.52. The van der Waals surface area contributed by atoms with Gasteiger partial charge in [0.05, 0.1) is 5.56 Å². The van der Waals surface area contributed by atoms with E-state index in [2.05, 4.69) is 15.6 Å². The zero-order valence-corrected chi connectivity index (χ0v) is 14.3. The molecule has 2 bridgehead atoms. The summed E-state index contributed by atoms with van der Waals surface area (Å²) in [7, 11) is 0. The van der Waals surface area contributed by atoms with Crippen LogP contribution in [0.2, 0.25) is 0 Å². The van der Waals surface area contributed by atoms with Gasteiger partial charge in [-0.2, -0.15) is 0 Å². The van der Waals surface area contributed by atoms with Crippen molar-refractivity contribution in [3.8, 4) is 0 Å². The van der Waals surface area contributed by atoms with E-state index < -0.39 is 5.66 Å². The molecule has 26 heavy (non-hydrogen) atoms. The van der Waals surface area contributed by atoms with Gasteiger partial charge in [0.1, 0.15) is 11.4 Å². The highest BCUT2D eigenvalue weighted by molar-refractivity contribution is 6.02. The summed E-state index contributed by atoms with van der Waals surface area (Å²) < 4.78 is 0. The first kappa shape index (κ1) is 15.4. The molecule has 0 aliphatic carbocycles. The molecule has 6 nitrogen and oxygen atoms in total. The van der Waals surface area contributed by atoms with Gasteiger partial charge in [0.15, 0.2) is 0 Å². The summed E-state index contributed by atoms with van der Waals surface area (Å²) in [5, 5.41) is 6.74. The Hall–Kier alpha value is -2.89. The topological polar surface area (TPSA) is 74.3 Å². The van der Waals surface area contributed by atoms with Gasteiger partial charge in [-0.1, -0.05) is 18.2 Å². The third-order valence-electron chi connectivity index (χ3n) is 5.81. The van der Waals surface area contributed by atoms with Crippen LogP contribution < -0.4 is 10.6 Å². The summed E-state index contributed by atoms with van der Waals surface area (Å²) in [6.07, 6.45) is 5.00. The first-order valence-corrected chi connectivity index (χ1v) is 9.09. The Bertz CT molecular complexity index is 868. The lowest BCUT2D eigenvalue weighted by Crippen LogP contribution is -2.65. The Labute approximate surface area is 151 Å². The van der Waals surface area contributed by atoms with Crippen molar-refractivity contribution in [2.24, 2.45) is 0 Å². The van der Waals surface area contributed by atoms with Crippen molar-refractivity contribution in [3.63, 3.8) is 0 Å². The molecule has 2 amide bonds. The average Bonchev–Trinajstić information content (AvgIpc) is 2.94. The molecule has 1 aromatic carbocycles. The fraction of sp³-hybridized carbons (Fsp3) is 0.350. The minimum absolute atomic E-state index is 0.00418. The quantitative estimate of drug-likeness (QED) is 0.830. The molecule has 2 fully saturated rings. The van der Waals surface area contributed by atoms with Gasteiger partial charge >= 0.3 is 0 Å². The van der Waals surface area contributed by atoms with Crippen LogP contribution in [0.3, 0.4) is 0 Å². The summed E-state index contributed by atoms with van der Waals surface area (Å²) in [6.45, 7) is 0. The van der Waals surface area contributed by atoms with E-state index in [4.69, 9.17) is 0 Å². The molecule has 3 aliphatic rings. The monoisotopic (exact) mass is 348 g/mol. The summed E-state index contributed by atoms with van der Waals surface area (Å²) in [5.41, 5.74) is 1.57. The van der Waals surface area contributed by atoms with Crippen LogP contribution >= 0.6 is 0 Å². The molecule has 1 spiro atoms. The second kappa shape index (κ2) is 5.56. The zero-order chi connectivity index (χ0) is 17.7. The van der Waals surface area contributed by atoms with Crippen molar-refractivity contribution >= 4 is 17.5 Å². The smallest absolute Gasteiger partial charge is 0.272 e. The van der Waals surface area contributed by atoms with E-state index in [9.17, 15) is 9.59 Å². The van der Waals surface area contributed by atoms with E-state index in [0.717, 1.165) is 18.5 Å². The molecular weight excluding hydrogens is 328 g/mol. The van der Waals surface area contributed by atoms with Crippen LogP contribution in [0.5, 0.6) is 0 Å². The fourth-order valence-electron chi connectivity index (χ4n) is 4.77. The Kier molecular flexibility index (Phi) is 3.29. The number of aromatic nitrogens is 1. The molecule has 2 unspecified atom stereocenters. The summed E-state index contributed by atoms with van der Waals surface area (Å²) in [6, 6.07) is 13.2. The molecule has 0 saturated carbocycles. The Balaban J connectivity index is 1.43. The maximum atomic E-state index is 13.0. The minimum atomic E-state index is -0.474. The van der Waals surface area contributed by atoms with E-state index in [-0.39, 0.29) is 23.9 Å². The first-order valence-electron chi connectivity index (χ1n) is 9.09. The van der Waals surface area contributed by atoms with Gasteiger partial charge in [0.2, 0.25) is 0 Å². The normalized spacial score (nSPS) is 29.1. The van der Waals surface area contributed by atoms with E-state index >= 15 is 0 Å². The number of benzene rings is 1. The number of anilines is 1. The van der Waals surface area contributed by atoms with Crippen molar-refractivity contribution < 1.29 is 9.59 Å². The molecule has 0 radical (unpaired) electrons. The fourth-order valence-corrected chi connectivity index (χ4v) is 4.77. The second-order valence-electron chi connectivity index (χ2n) is 7.43. The first-order chi connectivity index (χ1) is 12.7. The second-order valence-corrected chi connectivity index (χ2v) is 7.43. The molecule has 2 atom stereocenters. The standard InChI is InChI=1S/C20H20N4O2/c25-18-15-5-1-2-6-16(15)22-20(23-18)11-13-8-9-14(12-20)24(13)19(26)17-7-3-4-10-21-17/h1-7,10,13-14,22H,8-9,11-12H2,(H,23,25). The van der Waals surface area contributed by atoms with Crippen LogP contribution in [-0.4, -0.2) is 39.4 Å². The van der Waals surface area contributed by atoms with Crippen LogP contribution in [0.4, 0.5) is 5.69 Å². The molecule has 2 N–H and O–H groups in total. The largest absolute Gasteiger partial charge is 0.362 e. The van der Waals surface area contributed by atoms with Crippen molar-refractivity contribution in [3.05, 3.63) is 59.9 Å². The number of nitrogens with zero attached hydrogens (tertiary/aromatic N) is 2. The lowest BCUT2D eigenvalue weighted by Gasteiger charge is -2.49. The SMILES string of the molecule is O=C1NC2(CC3CCC(C2)N3C(=O)c2ccccn2)Nc2ccccc21. The number of pyridine rings is 1. The predicted octanol–water partition coefficient (Wildman–Crippen LogP) is 2.40. The molecule has 4 heterocycles. The Morgan fingerprint density at radius 1 is 1.04 bits per heavy atom. The molecule has 1 aromatic heterocycles. The number of hydrogen-bond acceptors (Lipinski definition) is 4. The number of amides is 2. The molecule has 3 aliphatic heterocycles. The van der Waals surface area contributed by atoms with E-state index in [0.29, 0.717) is 24.1 Å². The van der Waals surface area contributed by atoms with Gasteiger partial charge in [-0.25, -0.2) is 0 Å². The number of carbonyl (C=O) groups excluding carboxylic acids is 2. The summed E-state index contributed by atoms with van der Waals surface area (Å²) in [5.74, 6) is -0.0428. The third kappa shape index (κ3) is 2.29. The highest BCUT2D eigenvalue weighted by atomic mass is 16.2. The molecule has 2 saturated heterocycles. The van der Waals surface area contributed by atoms with E-state index in [1.165, 1.54) is 0 Å². The van der Waals surface area contributed by atoms with Gasteiger partial charge in [0, 0.05) is 36.8 Å². The molecular formula is C20H20N4O2. The zero-order valence-electron chi connectivity index (χ0n) is 14.3. The maximum absolute atomic E-state index is 13.0. The van der Waals surface area contributed by atoms with Gasteiger partial charge in [0.25, 0.3) is 11.8 Å². The van der Waals surface area contributed by atoms with Crippen molar-refractivity contribution in [2.75, 3.05) is 5.32 Å². The number of rotatable bonds is 1. The number of hydrogen-bond donors (Lipinski definition) is 2. The van der Waals surface area contributed by atoms with Crippen molar-refractivity contribution in [1.82, 2.24) is 15.2 Å². The lowest BCUT2D eigenvalue weighted by molar-refractivity contribution is 0.0445. The average molecular weight is 348 g/mol. The third-order valence-corrected chi connectivity index (χ3v) is 5.81. The lowest BCUT2D eigenvalue weighted by atomic mass is 9.87. The van der Waals surface area contributed by atoms with E-state index in [1.54, 1.807) is 12.3 Å². The van der Waals surface area contributed by atoms with Crippen LogP contribution in [0.1, 0.15) is 46.5 Å². The molecule has 132 valence electrons. The molecule has 2 aromatic rings. The minimum Gasteiger partial charge on any atom is -0.362 e. The molecule has 5 rings (SSSR count). The highest BCUT2D eigenvalue weighted by Crippen LogP contribution is 2.43. The summed E-state index contributed by atoms with van der Waals surface area (Å²) in [4.78, 5) is 31.7.